The Morgan fingerprint density at radius 2 is 1.82 bits per heavy atom. The number of nitrogens with zero attached hydrogens (tertiary/aromatic N) is 3. The zero-order chi connectivity index (χ0) is 23.4. The van der Waals surface area contributed by atoms with Gasteiger partial charge in [0.05, 0.1) is 18.3 Å². The molecule has 9 heteroatoms. The van der Waals surface area contributed by atoms with Crippen LogP contribution in [0.5, 0.6) is 0 Å². The highest BCUT2D eigenvalue weighted by atomic mass is 19.2. The smallest absolute Gasteiger partial charge is 0.272 e. The van der Waals surface area contributed by atoms with E-state index < -0.39 is 46.7 Å². The van der Waals surface area contributed by atoms with Crippen LogP contribution in [0.4, 0.5) is 17.6 Å². The Kier molecular flexibility index (Phi) is 5.07. The van der Waals surface area contributed by atoms with Crippen LogP contribution in [0.2, 0.25) is 0 Å². The lowest BCUT2D eigenvalue weighted by molar-refractivity contribution is 0.0569. The maximum Gasteiger partial charge on any atom is 0.272 e. The molecule has 2 aromatic carbocycles. The molecular formula is C24H19F4N3O2. The predicted molar refractivity (Wildman–Crippen MR) is 111 cm³/mol. The summed E-state index contributed by atoms with van der Waals surface area (Å²) in [4.78, 5) is 27.1. The van der Waals surface area contributed by atoms with E-state index in [1.807, 2.05) is 0 Å². The summed E-state index contributed by atoms with van der Waals surface area (Å²) in [5, 5.41) is 4.21. The molecule has 2 aliphatic heterocycles. The van der Waals surface area contributed by atoms with E-state index >= 15 is 4.39 Å². The first kappa shape index (κ1) is 21.4. The third kappa shape index (κ3) is 3.25. The second kappa shape index (κ2) is 7.83. The van der Waals surface area contributed by atoms with Crippen LogP contribution in [0.15, 0.2) is 47.4 Å². The van der Waals surface area contributed by atoms with Gasteiger partial charge in [-0.15, -0.1) is 0 Å². The minimum atomic E-state index is -1.13. The van der Waals surface area contributed by atoms with Crippen molar-refractivity contribution in [1.82, 2.24) is 14.7 Å². The van der Waals surface area contributed by atoms with Crippen molar-refractivity contribution in [2.45, 2.75) is 37.8 Å². The first-order valence-corrected chi connectivity index (χ1v) is 10.6. The Balaban J connectivity index is 1.82. The molecule has 1 aromatic heterocycles. The number of halogens is 4. The van der Waals surface area contributed by atoms with Gasteiger partial charge in [-0.25, -0.2) is 17.6 Å². The van der Waals surface area contributed by atoms with Crippen LogP contribution in [0, 0.1) is 30.2 Å². The molecular weight excluding hydrogens is 438 g/mol. The van der Waals surface area contributed by atoms with Gasteiger partial charge in [0.1, 0.15) is 5.69 Å². The fraction of sp³-hybridized carbons (Fsp3) is 0.292. The second-order valence-corrected chi connectivity index (χ2v) is 8.42. The molecule has 3 heterocycles. The van der Waals surface area contributed by atoms with Crippen LogP contribution in [0.3, 0.4) is 0 Å². The lowest BCUT2D eigenvalue weighted by atomic mass is 9.79. The van der Waals surface area contributed by atoms with E-state index in [0.29, 0.717) is 19.4 Å². The average Bonchev–Trinajstić information content (AvgIpc) is 3.28. The Hall–Kier alpha value is -3.49. The van der Waals surface area contributed by atoms with Gasteiger partial charge in [-0.05, 0) is 43.5 Å². The summed E-state index contributed by atoms with van der Waals surface area (Å²) in [6.45, 7) is 1.94. The maximum absolute atomic E-state index is 15.1. The molecule has 0 N–H and O–H groups in total. The van der Waals surface area contributed by atoms with Gasteiger partial charge in [-0.2, -0.15) is 5.10 Å². The molecule has 1 amide bonds. The molecule has 0 radical (unpaired) electrons. The summed E-state index contributed by atoms with van der Waals surface area (Å²) in [6, 6.07) is 5.66. The number of rotatable bonds is 3. The zero-order valence-electron chi connectivity index (χ0n) is 17.6. The summed E-state index contributed by atoms with van der Waals surface area (Å²) < 4.78 is 58.8. The number of aromatic nitrogens is 2. The molecule has 33 heavy (non-hydrogen) atoms. The quantitative estimate of drug-likeness (QED) is 0.557. The van der Waals surface area contributed by atoms with Gasteiger partial charge < -0.3 is 4.90 Å². The molecule has 5 rings (SSSR count). The molecule has 0 spiro atoms. The van der Waals surface area contributed by atoms with Gasteiger partial charge >= 0.3 is 0 Å². The Labute approximate surface area is 186 Å². The predicted octanol–water partition coefficient (Wildman–Crippen LogP) is 4.10. The third-order valence-electron chi connectivity index (χ3n) is 6.65. The van der Waals surface area contributed by atoms with Crippen molar-refractivity contribution in [3.63, 3.8) is 0 Å². The number of benzene rings is 2. The third-order valence-corrected chi connectivity index (χ3v) is 6.65. The normalized spacial score (nSPS) is 20.5. The van der Waals surface area contributed by atoms with E-state index in [4.69, 9.17) is 0 Å². The lowest BCUT2D eigenvalue weighted by Crippen LogP contribution is -2.51. The largest absolute Gasteiger partial charge is 0.332 e. The van der Waals surface area contributed by atoms with Crippen LogP contribution in [-0.4, -0.2) is 33.2 Å². The molecule has 5 nitrogen and oxygen atoms in total. The second-order valence-electron chi connectivity index (χ2n) is 8.42. The average molecular weight is 457 g/mol. The van der Waals surface area contributed by atoms with Crippen molar-refractivity contribution < 1.29 is 22.4 Å². The van der Waals surface area contributed by atoms with Crippen LogP contribution in [0.1, 0.15) is 52.0 Å². The van der Waals surface area contributed by atoms with E-state index in [0.717, 1.165) is 24.4 Å². The number of hydrogen-bond donors (Lipinski definition) is 0. The number of amides is 1. The molecule has 2 aliphatic rings. The van der Waals surface area contributed by atoms with Crippen molar-refractivity contribution in [3.8, 4) is 0 Å². The SMILES string of the molecule is Cc1c2n(ncc1=O)[C@@H]([C@@H](c1ccc(F)c(F)c1)c1cccc(F)c1F)[C@H]1CCCN1C2=O. The Morgan fingerprint density at radius 3 is 2.58 bits per heavy atom. The van der Waals surface area contributed by atoms with Gasteiger partial charge in [-0.3, -0.25) is 14.3 Å². The van der Waals surface area contributed by atoms with Crippen LogP contribution < -0.4 is 5.43 Å². The summed E-state index contributed by atoms with van der Waals surface area (Å²) in [6.07, 6.45) is 2.30. The molecule has 1 saturated heterocycles. The first-order valence-electron chi connectivity index (χ1n) is 10.6. The summed E-state index contributed by atoms with van der Waals surface area (Å²) in [7, 11) is 0. The highest BCUT2D eigenvalue weighted by molar-refractivity contribution is 5.95. The molecule has 3 atom stereocenters. The van der Waals surface area contributed by atoms with E-state index in [9.17, 15) is 22.8 Å². The monoisotopic (exact) mass is 457 g/mol. The summed E-state index contributed by atoms with van der Waals surface area (Å²) >= 11 is 0. The number of fused-ring (bicyclic) bond motifs is 2. The van der Waals surface area contributed by atoms with Crippen molar-refractivity contribution in [3.05, 3.63) is 98.5 Å². The van der Waals surface area contributed by atoms with Crippen LogP contribution in [0.25, 0.3) is 0 Å². The Bertz CT molecular complexity index is 1340. The van der Waals surface area contributed by atoms with Gasteiger partial charge in [-0.1, -0.05) is 18.2 Å². The van der Waals surface area contributed by atoms with E-state index in [1.54, 1.807) is 4.90 Å². The van der Waals surface area contributed by atoms with Gasteiger partial charge in [0, 0.05) is 23.6 Å². The van der Waals surface area contributed by atoms with E-state index in [2.05, 4.69) is 5.10 Å². The van der Waals surface area contributed by atoms with Crippen molar-refractivity contribution >= 4 is 5.91 Å². The molecule has 170 valence electrons. The van der Waals surface area contributed by atoms with E-state index in [1.165, 1.54) is 29.8 Å². The molecule has 0 bridgehead atoms. The number of carbonyl (C=O) groups is 1. The highest BCUT2D eigenvalue weighted by Gasteiger charge is 2.48. The molecule has 3 aromatic rings. The molecule has 0 aliphatic carbocycles. The van der Waals surface area contributed by atoms with Crippen molar-refractivity contribution in [1.29, 1.82) is 0 Å². The van der Waals surface area contributed by atoms with Gasteiger partial charge in [0.2, 0.25) is 5.43 Å². The minimum Gasteiger partial charge on any atom is -0.332 e. The maximum atomic E-state index is 15.1. The lowest BCUT2D eigenvalue weighted by Gasteiger charge is -2.43. The number of carbonyl (C=O) groups excluding carboxylic acids is 1. The van der Waals surface area contributed by atoms with E-state index in [-0.39, 0.29) is 28.3 Å². The molecule has 0 unspecified atom stereocenters. The molecule has 1 fully saturated rings. The van der Waals surface area contributed by atoms with Gasteiger partial charge in [0.15, 0.2) is 23.3 Å². The Morgan fingerprint density at radius 1 is 1.03 bits per heavy atom. The standard InChI is InChI=1S/C24H19F4N3O2/c1-12-19(32)11-29-31-22(12)24(33)30-9-3-6-18(30)23(31)20(13-7-8-15(25)17(27)10-13)14-4-2-5-16(26)21(14)28/h2,4-5,7-8,10-11,18,20,23H,3,6,9H2,1H3/t18-,20+,23-/m1/s1. The van der Waals surface area contributed by atoms with Crippen molar-refractivity contribution in [2.75, 3.05) is 6.54 Å². The van der Waals surface area contributed by atoms with Gasteiger partial charge in [0.25, 0.3) is 5.91 Å². The summed E-state index contributed by atoms with van der Waals surface area (Å²) in [5.74, 6) is -5.78. The van der Waals surface area contributed by atoms with Crippen LogP contribution >= 0.6 is 0 Å². The first-order chi connectivity index (χ1) is 15.8. The number of hydrogen-bond acceptors (Lipinski definition) is 3. The minimum absolute atomic E-state index is 0.0649. The molecule has 0 saturated carbocycles. The van der Waals surface area contributed by atoms with Crippen molar-refractivity contribution in [2.24, 2.45) is 0 Å². The van der Waals surface area contributed by atoms with Crippen LogP contribution in [-0.2, 0) is 0 Å². The topological polar surface area (TPSA) is 55.2 Å². The fourth-order valence-corrected chi connectivity index (χ4v) is 5.13. The fourth-order valence-electron chi connectivity index (χ4n) is 5.13. The zero-order valence-corrected chi connectivity index (χ0v) is 17.6. The highest BCUT2D eigenvalue weighted by Crippen LogP contribution is 2.46. The summed E-state index contributed by atoms with van der Waals surface area (Å²) in [5.41, 5.74) is -0.0403.